The molecule has 0 radical (unpaired) electrons. The van der Waals surface area contributed by atoms with Gasteiger partial charge in [-0.3, -0.25) is 4.57 Å². The minimum Gasteiger partial charge on any atom is -0.309 e. The van der Waals surface area contributed by atoms with Crippen molar-refractivity contribution in [3.8, 4) is 45.0 Å². The van der Waals surface area contributed by atoms with E-state index in [-0.39, 0.29) is 0 Å². The predicted molar refractivity (Wildman–Crippen MR) is 218 cm³/mol. The van der Waals surface area contributed by atoms with Crippen LogP contribution < -0.4 is 0 Å². The van der Waals surface area contributed by atoms with E-state index in [0.717, 1.165) is 22.5 Å². The second-order valence-electron chi connectivity index (χ2n) is 14.0. The Morgan fingerprint density at radius 2 is 1.00 bits per heavy atom. The molecule has 0 aliphatic heterocycles. The van der Waals surface area contributed by atoms with Crippen molar-refractivity contribution in [1.29, 1.82) is 0 Å². The highest BCUT2D eigenvalue weighted by Gasteiger charge is 2.24. The molecule has 0 fully saturated rings. The fraction of sp³-hybridized carbons (Fsp3) is 0. The predicted octanol–water partition coefficient (Wildman–Crippen LogP) is 12.9. The Morgan fingerprint density at radius 1 is 0.346 bits per heavy atom. The lowest BCUT2D eigenvalue weighted by Crippen LogP contribution is -1.99. The van der Waals surface area contributed by atoms with Crippen molar-refractivity contribution in [2.24, 2.45) is 0 Å². The second-order valence-corrected chi connectivity index (χ2v) is 14.0. The van der Waals surface area contributed by atoms with Gasteiger partial charge < -0.3 is 4.57 Å². The van der Waals surface area contributed by atoms with Crippen LogP contribution in [0.1, 0.15) is 0 Å². The van der Waals surface area contributed by atoms with Crippen LogP contribution in [-0.2, 0) is 0 Å². The average molecular weight is 660 g/mol. The van der Waals surface area contributed by atoms with Crippen molar-refractivity contribution in [3.63, 3.8) is 0 Å². The maximum atomic E-state index is 5.42. The van der Waals surface area contributed by atoms with Crippen LogP contribution in [0.25, 0.3) is 110 Å². The van der Waals surface area contributed by atoms with Gasteiger partial charge in [-0.2, -0.15) is 0 Å². The molecule has 240 valence electrons. The number of pyridine rings is 1. The maximum absolute atomic E-state index is 5.42. The minimum absolute atomic E-state index is 0.946. The molecule has 3 aromatic heterocycles. The molecule has 52 heavy (non-hydrogen) atoms. The van der Waals surface area contributed by atoms with Crippen molar-refractivity contribution in [2.75, 3.05) is 0 Å². The normalized spacial score (nSPS) is 12.2. The number of hydrogen-bond acceptors (Lipinski definition) is 1. The summed E-state index contributed by atoms with van der Waals surface area (Å²) in [6.45, 7) is 0. The largest absolute Gasteiger partial charge is 0.309 e. The van der Waals surface area contributed by atoms with E-state index in [2.05, 4.69) is 185 Å². The number of para-hydroxylation sites is 3. The van der Waals surface area contributed by atoms with Crippen LogP contribution >= 0.6 is 0 Å². The van der Waals surface area contributed by atoms with Crippen LogP contribution in [0.2, 0.25) is 0 Å². The van der Waals surface area contributed by atoms with Crippen LogP contribution in [0.3, 0.4) is 0 Å². The molecular weight excluding hydrogens is 631 g/mol. The Morgan fingerprint density at radius 3 is 1.85 bits per heavy atom. The van der Waals surface area contributed by atoms with Gasteiger partial charge in [0.15, 0.2) is 0 Å². The number of rotatable bonds is 3. The standard InChI is InChI=1S/C49H29N3/c1-2-12-35(13-3-1)51-43-19-8-6-15-37(43)41-26-31(23-24-45(41)51)30-21-22-32-28-46-42(27-34(32)25-30)38-16-7-9-20-44(38)52(46)47-29-33-11-10-18-39-36-14-4-5-17-40(36)49(50-47)48(33)39/h1-29H. The van der Waals surface area contributed by atoms with Gasteiger partial charge in [0.05, 0.1) is 27.8 Å². The van der Waals surface area contributed by atoms with Gasteiger partial charge in [0.25, 0.3) is 0 Å². The van der Waals surface area contributed by atoms with E-state index in [0.29, 0.717) is 0 Å². The molecule has 0 amide bonds. The van der Waals surface area contributed by atoms with Crippen LogP contribution in [0.15, 0.2) is 176 Å². The van der Waals surface area contributed by atoms with Gasteiger partial charge in [-0.05, 0) is 99.1 Å². The minimum atomic E-state index is 0.946. The van der Waals surface area contributed by atoms with E-state index in [1.165, 1.54) is 87.6 Å². The maximum Gasteiger partial charge on any atom is 0.138 e. The molecule has 0 N–H and O–H groups in total. The Labute approximate surface area is 299 Å². The summed E-state index contributed by atoms with van der Waals surface area (Å²) in [6.07, 6.45) is 0. The lowest BCUT2D eigenvalue weighted by atomic mass is 9.98. The number of aromatic nitrogens is 3. The van der Waals surface area contributed by atoms with Crippen molar-refractivity contribution in [1.82, 2.24) is 14.1 Å². The monoisotopic (exact) mass is 659 g/mol. The number of hydrogen-bond donors (Lipinski definition) is 0. The number of fused-ring (bicyclic) bond motifs is 10. The zero-order chi connectivity index (χ0) is 33.9. The molecule has 12 rings (SSSR count). The third-order valence-corrected chi connectivity index (χ3v) is 11.2. The molecule has 3 nitrogen and oxygen atoms in total. The third-order valence-electron chi connectivity index (χ3n) is 11.2. The van der Waals surface area contributed by atoms with Crippen LogP contribution in [-0.4, -0.2) is 14.1 Å². The van der Waals surface area contributed by atoms with E-state index in [1.807, 2.05) is 0 Å². The average Bonchev–Trinajstić information content (AvgIpc) is 3.83. The third kappa shape index (κ3) is 3.77. The molecule has 3 heteroatoms. The van der Waals surface area contributed by atoms with E-state index in [1.54, 1.807) is 0 Å². The Bertz CT molecular complexity index is 3290. The fourth-order valence-corrected chi connectivity index (χ4v) is 8.90. The summed E-state index contributed by atoms with van der Waals surface area (Å²) in [5.41, 5.74) is 13.2. The van der Waals surface area contributed by atoms with Crippen molar-refractivity contribution in [3.05, 3.63) is 176 Å². The molecule has 3 heterocycles. The van der Waals surface area contributed by atoms with Crippen LogP contribution in [0, 0.1) is 0 Å². The first-order valence-electron chi connectivity index (χ1n) is 17.9. The Balaban J connectivity index is 1.05. The molecule has 1 aliphatic carbocycles. The smallest absolute Gasteiger partial charge is 0.138 e. The lowest BCUT2D eigenvalue weighted by Gasteiger charge is -2.11. The molecule has 11 aromatic rings. The van der Waals surface area contributed by atoms with Gasteiger partial charge in [-0.25, -0.2) is 4.98 Å². The quantitative estimate of drug-likeness (QED) is 0.185. The van der Waals surface area contributed by atoms with Gasteiger partial charge in [0.2, 0.25) is 0 Å². The zero-order valence-corrected chi connectivity index (χ0v) is 28.1. The Hall–Kier alpha value is -6.97. The van der Waals surface area contributed by atoms with Gasteiger partial charge in [0, 0.05) is 38.2 Å². The van der Waals surface area contributed by atoms with Crippen LogP contribution in [0.4, 0.5) is 0 Å². The summed E-state index contributed by atoms with van der Waals surface area (Å²) >= 11 is 0. The lowest BCUT2D eigenvalue weighted by molar-refractivity contribution is 1.10. The first-order valence-corrected chi connectivity index (χ1v) is 17.9. The van der Waals surface area contributed by atoms with Crippen molar-refractivity contribution in [2.45, 2.75) is 0 Å². The molecule has 0 saturated carbocycles. The van der Waals surface area contributed by atoms with Gasteiger partial charge in [-0.1, -0.05) is 115 Å². The van der Waals surface area contributed by atoms with E-state index in [9.17, 15) is 0 Å². The first-order chi connectivity index (χ1) is 25.8. The Kier molecular flexibility index (Phi) is 5.50. The first kappa shape index (κ1) is 27.8. The van der Waals surface area contributed by atoms with Gasteiger partial charge >= 0.3 is 0 Å². The summed E-state index contributed by atoms with van der Waals surface area (Å²) in [6, 6.07) is 64.2. The van der Waals surface area contributed by atoms with E-state index < -0.39 is 0 Å². The molecule has 0 saturated heterocycles. The molecular formula is C49H29N3. The highest BCUT2D eigenvalue weighted by atomic mass is 15.1. The molecule has 1 aliphatic rings. The SMILES string of the molecule is c1ccc(-n2c3ccccc3c3cc(-c4ccc5cc6c(cc5c4)c4ccccc4n6-c4cc5cccc6c5c(n4)-c4ccccc4-6)ccc32)cc1. The number of benzene rings is 8. The van der Waals surface area contributed by atoms with Crippen LogP contribution in [0.5, 0.6) is 0 Å². The van der Waals surface area contributed by atoms with Gasteiger partial charge in [0.1, 0.15) is 5.82 Å². The van der Waals surface area contributed by atoms with Crippen molar-refractivity contribution < 1.29 is 0 Å². The molecule has 0 bridgehead atoms. The highest BCUT2D eigenvalue weighted by Crippen LogP contribution is 2.47. The molecule has 0 atom stereocenters. The highest BCUT2D eigenvalue weighted by molar-refractivity contribution is 6.17. The second kappa shape index (κ2) is 10.3. The zero-order valence-electron chi connectivity index (χ0n) is 28.1. The van der Waals surface area contributed by atoms with E-state index in [4.69, 9.17) is 4.98 Å². The van der Waals surface area contributed by atoms with E-state index >= 15 is 0 Å². The molecule has 8 aromatic carbocycles. The van der Waals surface area contributed by atoms with Crippen molar-refractivity contribution >= 4 is 65.2 Å². The summed E-state index contributed by atoms with van der Waals surface area (Å²) in [5, 5.41) is 9.88. The number of nitrogens with zero attached hydrogens (tertiary/aromatic N) is 3. The summed E-state index contributed by atoms with van der Waals surface area (Å²) in [5.74, 6) is 0.946. The molecule has 0 spiro atoms. The molecule has 0 unspecified atom stereocenters. The van der Waals surface area contributed by atoms with Gasteiger partial charge in [-0.15, -0.1) is 0 Å². The fourth-order valence-electron chi connectivity index (χ4n) is 8.90. The summed E-state index contributed by atoms with van der Waals surface area (Å²) in [4.78, 5) is 5.42. The summed E-state index contributed by atoms with van der Waals surface area (Å²) < 4.78 is 4.73. The topological polar surface area (TPSA) is 22.8 Å². The summed E-state index contributed by atoms with van der Waals surface area (Å²) in [7, 11) is 0.